The lowest BCUT2D eigenvalue weighted by atomic mass is 10.2. The van der Waals surface area contributed by atoms with Crippen LogP contribution in [0.25, 0.3) is 10.9 Å². The molecule has 0 amide bonds. The summed E-state index contributed by atoms with van der Waals surface area (Å²) in [5.41, 5.74) is 2.19. The van der Waals surface area contributed by atoms with E-state index in [0.29, 0.717) is 16.7 Å². The summed E-state index contributed by atoms with van der Waals surface area (Å²) in [5, 5.41) is 0.700. The number of hydrogen-bond acceptors (Lipinski definition) is 4. The van der Waals surface area contributed by atoms with Crippen molar-refractivity contribution in [3.63, 3.8) is 0 Å². The number of hydrogen-bond donors (Lipinski definition) is 1. The Kier molecular flexibility index (Phi) is 6.00. The van der Waals surface area contributed by atoms with Gasteiger partial charge in [-0.05, 0) is 42.9 Å². The first kappa shape index (κ1) is 19.1. The lowest BCUT2D eigenvalue weighted by molar-refractivity contribution is 0.125. The summed E-state index contributed by atoms with van der Waals surface area (Å²) in [6.45, 7) is 7.00. The van der Waals surface area contributed by atoms with Crippen LogP contribution in [0.5, 0.6) is 0 Å². The van der Waals surface area contributed by atoms with E-state index in [0.717, 1.165) is 51.2 Å². The van der Waals surface area contributed by atoms with Crippen molar-refractivity contribution in [3.05, 3.63) is 75.3 Å². The van der Waals surface area contributed by atoms with E-state index < -0.39 is 0 Å². The van der Waals surface area contributed by atoms with E-state index in [9.17, 15) is 4.79 Å². The number of benzene rings is 2. The van der Waals surface area contributed by atoms with Gasteiger partial charge in [0, 0.05) is 39.3 Å². The number of piperazine rings is 1. The molecule has 3 aromatic rings. The third-order valence-electron chi connectivity index (χ3n) is 5.46. The molecule has 1 aliphatic rings. The maximum atomic E-state index is 12.7. The molecule has 1 aliphatic heterocycles. The molecule has 28 heavy (non-hydrogen) atoms. The molecule has 1 saturated heterocycles. The van der Waals surface area contributed by atoms with Gasteiger partial charge in [0.05, 0.1) is 10.9 Å². The molecule has 0 atom stereocenters. The number of aromatic amines is 1. The first-order valence-electron chi connectivity index (χ1n) is 9.91. The van der Waals surface area contributed by atoms with E-state index in [-0.39, 0.29) is 5.56 Å². The molecule has 146 valence electrons. The number of para-hydroxylation sites is 1. The molecular formula is C22H26N4OS. The monoisotopic (exact) mass is 394 g/mol. The first-order chi connectivity index (χ1) is 13.7. The number of rotatable bonds is 6. The second-order valence-corrected chi connectivity index (χ2v) is 7.78. The zero-order valence-electron chi connectivity index (χ0n) is 16.0. The Labute approximate surface area is 170 Å². The third-order valence-corrected chi connectivity index (χ3v) is 5.78. The summed E-state index contributed by atoms with van der Waals surface area (Å²) in [6.07, 6.45) is 0.925. The molecular weight excluding hydrogens is 368 g/mol. The number of aromatic nitrogens is 2. The number of H-pyrrole nitrogens is 1. The quantitative estimate of drug-likeness (QED) is 0.652. The summed E-state index contributed by atoms with van der Waals surface area (Å²) in [4.78, 5) is 20.9. The van der Waals surface area contributed by atoms with Crippen LogP contribution in [-0.2, 0) is 13.1 Å². The normalized spacial score (nSPS) is 15.9. The highest BCUT2D eigenvalue weighted by Gasteiger charge is 2.16. The molecule has 5 nitrogen and oxygen atoms in total. The van der Waals surface area contributed by atoms with Gasteiger partial charge in [-0.25, -0.2) is 0 Å². The zero-order chi connectivity index (χ0) is 19.3. The molecule has 0 unspecified atom stereocenters. The first-order valence-corrected chi connectivity index (χ1v) is 10.3. The Morgan fingerprint density at radius 2 is 1.54 bits per heavy atom. The minimum atomic E-state index is 0.00651. The maximum Gasteiger partial charge on any atom is 0.262 e. The van der Waals surface area contributed by atoms with Gasteiger partial charge in [0.1, 0.15) is 0 Å². The van der Waals surface area contributed by atoms with Gasteiger partial charge in [0.25, 0.3) is 5.56 Å². The summed E-state index contributed by atoms with van der Waals surface area (Å²) in [5.74, 6) is 0. The Morgan fingerprint density at radius 3 is 2.32 bits per heavy atom. The van der Waals surface area contributed by atoms with Gasteiger partial charge in [-0.1, -0.05) is 42.5 Å². The van der Waals surface area contributed by atoms with E-state index in [4.69, 9.17) is 12.2 Å². The molecule has 0 bridgehead atoms. The van der Waals surface area contributed by atoms with Crippen molar-refractivity contribution in [3.8, 4) is 0 Å². The highest BCUT2D eigenvalue weighted by atomic mass is 32.1. The fourth-order valence-corrected chi connectivity index (χ4v) is 4.15. The van der Waals surface area contributed by atoms with E-state index in [1.165, 1.54) is 5.56 Å². The van der Waals surface area contributed by atoms with Crippen LogP contribution >= 0.6 is 12.2 Å². The molecule has 4 rings (SSSR count). The molecule has 1 aromatic heterocycles. The van der Waals surface area contributed by atoms with Crippen molar-refractivity contribution in [2.75, 3.05) is 32.7 Å². The van der Waals surface area contributed by atoms with Crippen molar-refractivity contribution < 1.29 is 0 Å². The molecule has 0 radical (unpaired) electrons. The number of nitrogens with zero attached hydrogens (tertiary/aromatic N) is 3. The van der Waals surface area contributed by atoms with Crippen LogP contribution in [0.15, 0.2) is 59.4 Å². The number of fused-ring (bicyclic) bond motifs is 1. The summed E-state index contributed by atoms with van der Waals surface area (Å²) >= 11 is 5.40. The van der Waals surface area contributed by atoms with Crippen molar-refractivity contribution in [1.82, 2.24) is 19.4 Å². The summed E-state index contributed by atoms with van der Waals surface area (Å²) < 4.78 is 2.21. The second kappa shape index (κ2) is 8.82. The highest BCUT2D eigenvalue weighted by molar-refractivity contribution is 7.71. The zero-order valence-corrected chi connectivity index (χ0v) is 16.8. The SMILES string of the molecule is O=c1c2ccccc2[nH]c(=S)n1CCCN1CCN(Cc2ccccc2)CC1. The van der Waals surface area contributed by atoms with Gasteiger partial charge >= 0.3 is 0 Å². The van der Waals surface area contributed by atoms with E-state index in [2.05, 4.69) is 45.1 Å². The van der Waals surface area contributed by atoms with Crippen LogP contribution in [0.3, 0.4) is 0 Å². The van der Waals surface area contributed by atoms with Crippen LogP contribution in [0, 0.1) is 4.77 Å². The second-order valence-electron chi connectivity index (χ2n) is 7.39. The van der Waals surface area contributed by atoms with Gasteiger partial charge in [-0.2, -0.15) is 0 Å². The van der Waals surface area contributed by atoms with Crippen molar-refractivity contribution in [2.24, 2.45) is 0 Å². The van der Waals surface area contributed by atoms with Gasteiger partial charge in [-0.3, -0.25) is 14.3 Å². The van der Waals surface area contributed by atoms with E-state index >= 15 is 0 Å². The molecule has 0 saturated carbocycles. The largest absolute Gasteiger partial charge is 0.332 e. The lowest BCUT2D eigenvalue weighted by Gasteiger charge is -2.34. The molecule has 1 N–H and O–H groups in total. The maximum absolute atomic E-state index is 12.7. The van der Waals surface area contributed by atoms with E-state index in [1.807, 2.05) is 24.3 Å². The predicted octanol–water partition coefficient (Wildman–Crippen LogP) is 3.27. The minimum absolute atomic E-state index is 0.00651. The van der Waals surface area contributed by atoms with Gasteiger partial charge < -0.3 is 9.88 Å². The predicted molar refractivity (Wildman–Crippen MR) is 116 cm³/mol. The molecule has 0 spiro atoms. The standard InChI is InChI=1S/C22H26N4OS/c27-21-19-9-4-5-10-20(19)23-22(28)26(21)12-6-11-24-13-15-25(16-14-24)17-18-7-2-1-3-8-18/h1-5,7-10H,6,11-17H2,(H,23,28). The van der Waals surface area contributed by atoms with Gasteiger partial charge in [-0.15, -0.1) is 0 Å². The van der Waals surface area contributed by atoms with Crippen molar-refractivity contribution in [1.29, 1.82) is 0 Å². The third kappa shape index (κ3) is 4.41. The summed E-state index contributed by atoms with van der Waals surface area (Å²) in [7, 11) is 0. The fourth-order valence-electron chi connectivity index (χ4n) is 3.87. The van der Waals surface area contributed by atoms with Crippen LogP contribution < -0.4 is 5.56 Å². The highest BCUT2D eigenvalue weighted by Crippen LogP contribution is 2.10. The van der Waals surface area contributed by atoms with E-state index in [1.54, 1.807) is 4.57 Å². The summed E-state index contributed by atoms with van der Waals surface area (Å²) in [6, 6.07) is 18.2. The average molecular weight is 395 g/mol. The van der Waals surface area contributed by atoms with Crippen LogP contribution in [0.4, 0.5) is 0 Å². The Balaban J connectivity index is 1.29. The Morgan fingerprint density at radius 1 is 0.857 bits per heavy atom. The Hall–Kier alpha value is -2.28. The van der Waals surface area contributed by atoms with Gasteiger partial charge in [0.15, 0.2) is 4.77 Å². The molecule has 2 heterocycles. The van der Waals surface area contributed by atoms with Crippen LogP contribution in [0.1, 0.15) is 12.0 Å². The molecule has 0 aliphatic carbocycles. The molecule has 2 aromatic carbocycles. The Bertz CT molecular complexity index is 1040. The molecule has 1 fully saturated rings. The smallest absolute Gasteiger partial charge is 0.262 e. The fraction of sp³-hybridized carbons (Fsp3) is 0.364. The van der Waals surface area contributed by atoms with Crippen molar-refractivity contribution in [2.45, 2.75) is 19.5 Å². The minimum Gasteiger partial charge on any atom is -0.332 e. The molecule has 6 heteroatoms. The average Bonchev–Trinajstić information content (AvgIpc) is 2.72. The van der Waals surface area contributed by atoms with Crippen LogP contribution in [0.2, 0.25) is 0 Å². The number of nitrogens with one attached hydrogen (secondary N) is 1. The van der Waals surface area contributed by atoms with Crippen molar-refractivity contribution >= 4 is 23.1 Å². The lowest BCUT2D eigenvalue weighted by Crippen LogP contribution is -2.46. The topological polar surface area (TPSA) is 44.3 Å². The van der Waals surface area contributed by atoms with Gasteiger partial charge in [0.2, 0.25) is 0 Å². The van der Waals surface area contributed by atoms with Crippen LogP contribution in [-0.4, -0.2) is 52.1 Å².